The maximum absolute atomic E-state index is 12.0. The summed E-state index contributed by atoms with van der Waals surface area (Å²) in [6.07, 6.45) is 3.50. The number of rotatable bonds is 5. The Balaban J connectivity index is 2.44. The lowest BCUT2D eigenvalue weighted by molar-refractivity contribution is -0.138. The van der Waals surface area contributed by atoms with Gasteiger partial charge in [0.25, 0.3) is 0 Å². The second kappa shape index (κ2) is 6.73. The van der Waals surface area contributed by atoms with E-state index in [-0.39, 0.29) is 18.9 Å². The lowest BCUT2D eigenvalue weighted by Crippen LogP contribution is -2.49. The first kappa shape index (κ1) is 15.0. The number of likely N-dealkylation sites (tertiary alicyclic amines) is 1. The molecule has 1 N–H and O–H groups in total. The standard InChI is InChI=1S/C13H24N2O3/c1-10-5-4-6-11(2)15(10)9-12(16)14(3)8-7-13(17)18/h10-11H,4-9H2,1-3H3,(H,17,18). The Hall–Kier alpha value is -1.10. The van der Waals surface area contributed by atoms with Crippen molar-refractivity contribution in [2.75, 3.05) is 20.1 Å². The number of amides is 1. The summed E-state index contributed by atoms with van der Waals surface area (Å²) in [5, 5.41) is 8.60. The molecular formula is C13H24N2O3. The normalized spacial score (nSPS) is 24.8. The second-order valence-corrected chi connectivity index (χ2v) is 5.26. The van der Waals surface area contributed by atoms with E-state index in [0.29, 0.717) is 18.6 Å². The van der Waals surface area contributed by atoms with Gasteiger partial charge in [0.15, 0.2) is 0 Å². The third-order valence-corrected chi connectivity index (χ3v) is 3.78. The predicted molar refractivity (Wildman–Crippen MR) is 69.4 cm³/mol. The van der Waals surface area contributed by atoms with Gasteiger partial charge in [-0.05, 0) is 26.7 Å². The molecule has 1 aliphatic heterocycles. The van der Waals surface area contributed by atoms with Crippen molar-refractivity contribution in [3.05, 3.63) is 0 Å². The topological polar surface area (TPSA) is 60.9 Å². The van der Waals surface area contributed by atoms with Crippen molar-refractivity contribution in [1.29, 1.82) is 0 Å². The lowest BCUT2D eigenvalue weighted by Gasteiger charge is -2.39. The second-order valence-electron chi connectivity index (χ2n) is 5.26. The van der Waals surface area contributed by atoms with E-state index in [1.165, 1.54) is 11.3 Å². The number of carbonyl (C=O) groups excluding carboxylic acids is 1. The molecule has 0 aromatic carbocycles. The van der Waals surface area contributed by atoms with Gasteiger partial charge in [-0.25, -0.2) is 0 Å². The number of hydrogen-bond acceptors (Lipinski definition) is 3. The van der Waals surface area contributed by atoms with Crippen LogP contribution in [-0.4, -0.2) is 59.0 Å². The zero-order chi connectivity index (χ0) is 13.7. The molecule has 2 atom stereocenters. The number of carbonyl (C=O) groups is 2. The Bertz CT molecular complexity index is 297. The molecule has 5 nitrogen and oxygen atoms in total. The average molecular weight is 256 g/mol. The molecule has 1 rings (SSSR count). The lowest BCUT2D eigenvalue weighted by atomic mass is 9.97. The fraction of sp³-hybridized carbons (Fsp3) is 0.846. The quantitative estimate of drug-likeness (QED) is 0.802. The molecule has 0 radical (unpaired) electrons. The van der Waals surface area contributed by atoms with E-state index in [9.17, 15) is 9.59 Å². The van der Waals surface area contributed by atoms with Gasteiger partial charge in [-0.15, -0.1) is 0 Å². The van der Waals surface area contributed by atoms with E-state index >= 15 is 0 Å². The molecule has 0 spiro atoms. The average Bonchev–Trinajstić information content (AvgIpc) is 2.30. The highest BCUT2D eigenvalue weighted by Gasteiger charge is 2.27. The van der Waals surface area contributed by atoms with Gasteiger partial charge in [0.05, 0.1) is 13.0 Å². The SMILES string of the molecule is CC1CCCC(C)N1CC(=O)N(C)CCC(=O)O. The van der Waals surface area contributed by atoms with E-state index in [0.717, 1.165) is 12.8 Å². The number of nitrogens with zero attached hydrogens (tertiary/aromatic N) is 2. The molecule has 1 heterocycles. The molecular weight excluding hydrogens is 232 g/mol. The molecule has 1 amide bonds. The van der Waals surface area contributed by atoms with Crippen LogP contribution >= 0.6 is 0 Å². The van der Waals surface area contributed by atoms with Crippen LogP contribution in [0.2, 0.25) is 0 Å². The van der Waals surface area contributed by atoms with Crippen LogP contribution in [0.15, 0.2) is 0 Å². The van der Waals surface area contributed by atoms with E-state index in [2.05, 4.69) is 18.7 Å². The monoisotopic (exact) mass is 256 g/mol. The highest BCUT2D eigenvalue weighted by molar-refractivity contribution is 5.78. The van der Waals surface area contributed by atoms with Crippen LogP contribution in [0.25, 0.3) is 0 Å². The van der Waals surface area contributed by atoms with E-state index < -0.39 is 5.97 Å². The van der Waals surface area contributed by atoms with Crippen molar-refractivity contribution in [2.24, 2.45) is 0 Å². The van der Waals surface area contributed by atoms with E-state index in [4.69, 9.17) is 5.11 Å². The molecule has 18 heavy (non-hydrogen) atoms. The molecule has 2 unspecified atom stereocenters. The van der Waals surface area contributed by atoms with Crippen molar-refractivity contribution in [3.8, 4) is 0 Å². The van der Waals surface area contributed by atoms with Gasteiger partial charge in [-0.1, -0.05) is 6.42 Å². The Kier molecular flexibility index (Phi) is 5.59. The third kappa shape index (κ3) is 4.29. The molecule has 0 saturated carbocycles. The van der Waals surface area contributed by atoms with Crippen LogP contribution in [0.4, 0.5) is 0 Å². The molecule has 1 fully saturated rings. The molecule has 0 aromatic heterocycles. The van der Waals surface area contributed by atoms with Gasteiger partial charge in [0.1, 0.15) is 0 Å². The fourth-order valence-corrected chi connectivity index (χ4v) is 2.45. The fourth-order valence-electron chi connectivity index (χ4n) is 2.45. The predicted octanol–water partition coefficient (Wildman–Crippen LogP) is 1.18. The Morgan fingerprint density at radius 1 is 1.28 bits per heavy atom. The van der Waals surface area contributed by atoms with Crippen LogP contribution in [0, 0.1) is 0 Å². The Morgan fingerprint density at radius 3 is 2.33 bits per heavy atom. The van der Waals surface area contributed by atoms with Crippen LogP contribution in [0.1, 0.15) is 39.5 Å². The van der Waals surface area contributed by atoms with Crippen LogP contribution in [-0.2, 0) is 9.59 Å². The summed E-state index contributed by atoms with van der Waals surface area (Å²) in [5.74, 6) is -0.855. The van der Waals surface area contributed by atoms with Gasteiger partial charge in [-0.2, -0.15) is 0 Å². The molecule has 5 heteroatoms. The summed E-state index contributed by atoms with van der Waals surface area (Å²) >= 11 is 0. The van der Waals surface area contributed by atoms with Gasteiger partial charge in [0.2, 0.25) is 5.91 Å². The Labute approximate surface area is 109 Å². The van der Waals surface area contributed by atoms with Gasteiger partial charge in [-0.3, -0.25) is 14.5 Å². The molecule has 104 valence electrons. The number of hydrogen-bond donors (Lipinski definition) is 1. The number of aliphatic carboxylic acids is 1. The number of piperidine rings is 1. The summed E-state index contributed by atoms with van der Waals surface area (Å²) in [4.78, 5) is 26.2. The van der Waals surface area contributed by atoms with Crippen molar-refractivity contribution >= 4 is 11.9 Å². The summed E-state index contributed by atoms with van der Waals surface area (Å²) in [7, 11) is 1.67. The zero-order valence-electron chi connectivity index (χ0n) is 11.6. The van der Waals surface area contributed by atoms with E-state index in [1.54, 1.807) is 7.05 Å². The first-order valence-corrected chi connectivity index (χ1v) is 6.63. The molecule has 0 bridgehead atoms. The van der Waals surface area contributed by atoms with E-state index in [1.807, 2.05) is 0 Å². The molecule has 1 saturated heterocycles. The Morgan fingerprint density at radius 2 is 1.83 bits per heavy atom. The van der Waals surface area contributed by atoms with Crippen LogP contribution in [0.3, 0.4) is 0 Å². The smallest absolute Gasteiger partial charge is 0.305 e. The molecule has 1 aliphatic rings. The first-order chi connectivity index (χ1) is 8.41. The summed E-state index contributed by atoms with van der Waals surface area (Å²) in [6, 6.07) is 0.871. The molecule has 0 aromatic rings. The number of carboxylic acids is 1. The van der Waals surface area contributed by atoms with Crippen molar-refractivity contribution in [1.82, 2.24) is 9.80 Å². The van der Waals surface area contributed by atoms with Crippen LogP contribution < -0.4 is 0 Å². The minimum Gasteiger partial charge on any atom is -0.481 e. The van der Waals surface area contributed by atoms with Gasteiger partial charge >= 0.3 is 5.97 Å². The number of likely N-dealkylation sites (N-methyl/N-ethyl adjacent to an activating group) is 1. The summed E-state index contributed by atoms with van der Waals surface area (Å²) in [6.45, 7) is 4.99. The van der Waals surface area contributed by atoms with Crippen molar-refractivity contribution in [2.45, 2.75) is 51.6 Å². The maximum atomic E-state index is 12.0. The van der Waals surface area contributed by atoms with Crippen molar-refractivity contribution in [3.63, 3.8) is 0 Å². The zero-order valence-corrected chi connectivity index (χ0v) is 11.6. The summed E-state index contributed by atoms with van der Waals surface area (Å²) in [5.41, 5.74) is 0. The first-order valence-electron chi connectivity index (χ1n) is 6.63. The largest absolute Gasteiger partial charge is 0.481 e. The van der Waals surface area contributed by atoms with Gasteiger partial charge in [0, 0.05) is 25.7 Å². The molecule has 0 aliphatic carbocycles. The van der Waals surface area contributed by atoms with Crippen LogP contribution in [0.5, 0.6) is 0 Å². The third-order valence-electron chi connectivity index (χ3n) is 3.78. The van der Waals surface area contributed by atoms with Gasteiger partial charge < -0.3 is 10.0 Å². The number of carboxylic acid groups (broad SMARTS) is 1. The summed E-state index contributed by atoms with van der Waals surface area (Å²) < 4.78 is 0. The maximum Gasteiger partial charge on any atom is 0.305 e. The van der Waals surface area contributed by atoms with Crippen molar-refractivity contribution < 1.29 is 14.7 Å². The highest BCUT2D eigenvalue weighted by atomic mass is 16.4. The minimum absolute atomic E-state index is 0.00729. The minimum atomic E-state index is -0.866. The highest BCUT2D eigenvalue weighted by Crippen LogP contribution is 2.22.